The minimum Gasteiger partial charge on any atom is -0.491 e. The monoisotopic (exact) mass is 707 g/mol. The van der Waals surface area contributed by atoms with Gasteiger partial charge in [-0.25, -0.2) is 0 Å². The van der Waals surface area contributed by atoms with E-state index in [1.54, 1.807) is 0 Å². The Labute approximate surface area is 308 Å². The van der Waals surface area contributed by atoms with Gasteiger partial charge in [0, 0.05) is 6.42 Å². The number of benzene rings is 1. The normalized spacial score (nSPS) is 11.3. The number of hydrogen-bond acceptors (Lipinski definition) is 7. The summed E-state index contributed by atoms with van der Waals surface area (Å²) in [6.07, 6.45) is 30.9. The highest BCUT2D eigenvalue weighted by Gasteiger charge is 2.03. The second-order valence-electron chi connectivity index (χ2n) is 13.7. The van der Waals surface area contributed by atoms with Crippen LogP contribution in [0.5, 0.6) is 5.75 Å². The highest BCUT2D eigenvalue weighted by Crippen LogP contribution is 2.16. The first-order valence-corrected chi connectivity index (χ1v) is 20.9. The molecule has 7 heteroatoms. The van der Waals surface area contributed by atoms with E-state index < -0.39 is 0 Å². The van der Waals surface area contributed by atoms with Crippen molar-refractivity contribution in [1.82, 2.24) is 0 Å². The summed E-state index contributed by atoms with van der Waals surface area (Å²) in [6.45, 7) is 9.35. The number of esters is 1. The summed E-state index contributed by atoms with van der Waals surface area (Å²) < 4.78 is 33.2. The zero-order valence-electron chi connectivity index (χ0n) is 32.7. The molecule has 0 amide bonds. The zero-order chi connectivity index (χ0) is 35.8. The highest BCUT2D eigenvalue weighted by molar-refractivity contribution is 5.69. The molecular weight excluding hydrogens is 628 g/mol. The maximum Gasteiger partial charge on any atom is 0.305 e. The van der Waals surface area contributed by atoms with Gasteiger partial charge in [0.1, 0.15) is 19.0 Å². The quantitative estimate of drug-likeness (QED) is 0.0497. The van der Waals surface area contributed by atoms with E-state index in [-0.39, 0.29) is 5.97 Å². The standard InChI is InChI=1S/C43H78O7/c1-3-5-7-9-11-12-13-14-15-16-17-18-20-22-24-26-43(44)50-40-38-48-36-34-46-32-31-45-33-35-47-37-39-49-42-29-27-41(28-30-42)25-23-21-19-10-8-6-4-2/h27-30H,3-26,31-40H2,1-2H3. The van der Waals surface area contributed by atoms with Gasteiger partial charge in [0.2, 0.25) is 0 Å². The van der Waals surface area contributed by atoms with Crippen LogP contribution in [-0.2, 0) is 34.9 Å². The van der Waals surface area contributed by atoms with Crippen LogP contribution in [0.3, 0.4) is 0 Å². The molecule has 1 aromatic rings. The molecule has 0 atom stereocenters. The van der Waals surface area contributed by atoms with Crippen LogP contribution < -0.4 is 4.74 Å². The predicted octanol–water partition coefficient (Wildman–Crippen LogP) is 11.2. The van der Waals surface area contributed by atoms with Crippen LogP contribution in [0.15, 0.2) is 24.3 Å². The van der Waals surface area contributed by atoms with E-state index in [9.17, 15) is 4.79 Å². The molecule has 0 aromatic heterocycles. The molecule has 0 fully saturated rings. The van der Waals surface area contributed by atoms with Gasteiger partial charge >= 0.3 is 5.97 Å². The van der Waals surface area contributed by atoms with Crippen molar-refractivity contribution in [3.63, 3.8) is 0 Å². The van der Waals surface area contributed by atoms with Crippen LogP contribution in [0.25, 0.3) is 0 Å². The van der Waals surface area contributed by atoms with E-state index in [1.807, 2.05) is 0 Å². The molecule has 0 unspecified atom stereocenters. The molecule has 0 aliphatic carbocycles. The Hall–Kier alpha value is -1.67. The molecule has 0 N–H and O–H groups in total. The van der Waals surface area contributed by atoms with Crippen molar-refractivity contribution in [2.45, 2.75) is 168 Å². The molecule has 0 saturated heterocycles. The second kappa shape index (κ2) is 38.6. The van der Waals surface area contributed by atoms with E-state index >= 15 is 0 Å². The number of unbranched alkanes of at least 4 members (excludes halogenated alkanes) is 20. The molecule has 0 saturated carbocycles. The average molecular weight is 707 g/mol. The topological polar surface area (TPSA) is 72.5 Å². The summed E-state index contributed by atoms with van der Waals surface area (Å²) in [5.74, 6) is 0.771. The molecule has 0 heterocycles. The summed E-state index contributed by atoms with van der Waals surface area (Å²) in [6, 6.07) is 8.47. The van der Waals surface area contributed by atoms with Crippen LogP contribution in [0.4, 0.5) is 0 Å². The lowest BCUT2D eigenvalue weighted by Gasteiger charge is -2.09. The van der Waals surface area contributed by atoms with E-state index in [2.05, 4.69) is 38.1 Å². The lowest BCUT2D eigenvalue weighted by atomic mass is 10.0. The summed E-state index contributed by atoms with van der Waals surface area (Å²) in [7, 11) is 0. The van der Waals surface area contributed by atoms with Crippen molar-refractivity contribution >= 4 is 5.97 Å². The molecule has 50 heavy (non-hydrogen) atoms. The van der Waals surface area contributed by atoms with Gasteiger partial charge in [0.25, 0.3) is 0 Å². The van der Waals surface area contributed by atoms with Crippen LogP contribution in [0.2, 0.25) is 0 Å². The summed E-state index contributed by atoms with van der Waals surface area (Å²) in [4.78, 5) is 11.9. The number of rotatable bonds is 40. The molecule has 0 aliphatic rings. The smallest absolute Gasteiger partial charge is 0.305 e. The first-order chi connectivity index (χ1) is 24.8. The molecule has 0 bridgehead atoms. The van der Waals surface area contributed by atoms with Crippen LogP contribution in [-0.4, -0.2) is 72.0 Å². The lowest BCUT2D eigenvalue weighted by Crippen LogP contribution is -2.15. The Morgan fingerprint density at radius 3 is 1.22 bits per heavy atom. The third kappa shape index (κ3) is 33.5. The lowest BCUT2D eigenvalue weighted by molar-refractivity contribution is -0.145. The number of aryl methyl sites for hydroxylation is 1. The molecule has 0 radical (unpaired) electrons. The van der Waals surface area contributed by atoms with Gasteiger partial charge in [0.15, 0.2) is 0 Å². The maximum atomic E-state index is 11.9. The fourth-order valence-corrected chi connectivity index (χ4v) is 5.95. The Balaban J connectivity index is 1.74. The van der Waals surface area contributed by atoms with E-state index in [0.717, 1.165) is 25.0 Å². The Bertz CT molecular complexity index is 816. The fraction of sp³-hybridized carbons (Fsp3) is 0.837. The van der Waals surface area contributed by atoms with E-state index in [0.29, 0.717) is 72.5 Å². The average Bonchev–Trinajstić information content (AvgIpc) is 3.13. The molecule has 1 aromatic carbocycles. The van der Waals surface area contributed by atoms with E-state index in [4.69, 9.17) is 28.4 Å². The molecule has 1 rings (SSSR count). The molecule has 7 nitrogen and oxygen atoms in total. The number of hydrogen-bond donors (Lipinski definition) is 0. The largest absolute Gasteiger partial charge is 0.491 e. The number of carbonyl (C=O) groups excluding carboxylic acids is 1. The minimum atomic E-state index is -0.118. The van der Waals surface area contributed by atoms with Gasteiger partial charge in [-0.1, -0.05) is 154 Å². The second-order valence-corrected chi connectivity index (χ2v) is 13.7. The fourth-order valence-electron chi connectivity index (χ4n) is 5.95. The van der Waals surface area contributed by atoms with Gasteiger partial charge in [-0.2, -0.15) is 0 Å². The molecule has 0 aliphatic heterocycles. The van der Waals surface area contributed by atoms with Crippen molar-refractivity contribution in [2.24, 2.45) is 0 Å². The van der Waals surface area contributed by atoms with Gasteiger partial charge in [0.05, 0.1) is 52.9 Å². The van der Waals surface area contributed by atoms with Crippen molar-refractivity contribution in [2.75, 3.05) is 66.1 Å². The number of carbonyl (C=O) groups is 1. The Kier molecular flexibility index (Phi) is 35.7. The van der Waals surface area contributed by atoms with Gasteiger partial charge < -0.3 is 28.4 Å². The first kappa shape index (κ1) is 46.4. The predicted molar refractivity (Wildman–Crippen MR) is 207 cm³/mol. The van der Waals surface area contributed by atoms with Crippen molar-refractivity contribution in [3.05, 3.63) is 29.8 Å². The summed E-state index contributed by atoms with van der Waals surface area (Å²) in [5.41, 5.74) is 1.38. The van der Waals surface area contributed by atoms with Crippen molar-refractivity contribution in [1.29, 1.82) is 0 Å². The minimum absolute atomic E-state index is 0.118. The zero-order valence-corrected chi connectivity index (χ0v) is 32.7. The summed E-state index contributed by atoms with van der Waals surface area (Å²) >= 11 is 0. The number of ether oxygens (including phenoxy) is 6. The highest BCUT2D eigenvalue weighted by atomic mass is 16.6. The van der Waals surface area contributed by atoms with Crippen LogP contribution >= 0.6 is 0 Å². The third-order valence-corrected chi connectivity index (χ3v) is 9.08. The van der Waals surface area contributed by atoms with Gasteiger partial charge in [-0.3, -0.25) is 4.79 Å². The SMILES string of the molecule is CCCCCCCCCCCCCCCCCC(=O)OCCOCCOCCOCCOCCOc1ccc(CCCCCCCCC)cc1. The molecule has 0 spiro atoms. The van der Waals surface area contributed by atoms with E-state index in [1.165, 1.54) is 134 Å². The first-order valence-electron chi connectivity index (χ1n) is 20.9. The van der Waals surface area contributed by atoms with Crippen molar-refractivity contribution < 1.29 is 33.2 Å². The molecular formula is C43H78O7. The maximum absolute atomic E-state index is 11.9. The van der Waals surface area contributed by atoms with Gasteiger partial charge in [-0.05, 0) is 37.0 Å². The van der Waals surface area contributed by atoms with Crippen LogP contribution in [0.1, 0.15) is 167 Å². The third-order valence-electron chi connectivity index (χ3n) is 9.08. The Morgan fingerprint density at radius 1 is 0.420 bits per heavy atom. The molecule has 292 valence electrons. The van der Waals surface area contributed by atoms with Gasteiger partial charge in [-0.15, -0.1) is 0 Å². The summed E-state index contributed by atoms with van der Waals surface area (Å²) in [5, 5.41) is 0. The Morgan fingerprint density at radius 2 is 0.780 bits per heavy atom. The van der Waals surface area contributed by atoms with Crippen LogP contribution in [0, 0.1) is 0 Å². The van der Waals surface area contributed by atoms with Crippen molar-refractivity contribution in [3.8, 4) is 5.75 Å².